The predicted molar refractivity (Wildman–Crippen MR) is 123 cm³/mol. The van der Waals surface area contributed by atoms with E-state index < -0.39 is 5.82 Å². The van der Waals surface area contributed by atoms with Crippen LogP contribution in [0.5, 0.6) is 0 Å². The number of nitrogens with one attached hydrogen (secondary N) is 1. The number of aromatic nitrogens is 1. The zero-order valence-corrected chi connectivity index (χ0v) is 17.9. The molecule has 1 saturated heterocycles. The molecule has 0 atom stereocenters. The number of carbonyl (C=O) groups is 2. The molecule has 164 valence electrons. The molecule has 4 rings (SSSR count). The number of amides is 2. The van der Waals surface area contributed by atoms with Crippen molar-refractivity contribution >= 4 is 23.3 Å². The molecule has 1 aromatic heterocycles. The van der Waals surface area contributed by atoms with Gasteiger partial charge in [0.15, 0.2) is 0 Å². The van der Waals surface area contributed by atoms with Crippen molar-refractivity contribution < 1.29 is 14.0 Å². The van der Waals surface area contributed by atoms with Gasteiger partial charge in [-0.15, -0.1) is 0 Å². The molecule has 1 aliphatic rings. The maximum absolute atomic E-state index is 13.5. The monoisotopic (exact) mass is 432 g/mol. The van der Waals surface area contributed by atoms with Crippen LogP contribution < -0.4 is 10.2 Å². The number of carbonyl (C=O) groups excluding carboxylic acids is 2. The van der Waals surface area contributed by atoms with Gasteiger partial charge in [-0.2, -0.15) is 0 Å². The van der Waals surface area contributed by atoms with Crippen LogP contribution in [0.25, 0.3) is 0 Å². The Morgan fingerprint density at radius 3 is 2.50 bits per heavy atom. The Bertz CT molecular complexity index is 1120. The lowest BCUT2D eigenvalue weighted by Crippen LogP contribution is -2.35. The Morgan fingerprint density at radius 1 is 0.938 bits per heavy atom. The molecule has 32 heavy (non-hydrogen) atoms. The van der Waals surface area contributed by atoms with Crippen molar-refractivity contribution in [3.63, 3.8) is 0 Å². The average molecular weight is 432 g/mol. The first-order chi connectivity index (χ1) is 15.5. The summed E-state index contributed by atoms with van der Waals surface area (Å²) in [5.74, 6) is 0.0442. The quantitative estimate of drug-likeness (QED) is 0.673. The van der Waals surface area contributed by atoms with Gasteiger partial charge in [0.05, 0.1) is 11.9 Å². The van der Waals surface area contributed by atoms with Gasteiger partial charge >= 0.3 is 0 Å². The number of benzene rings is 2. The van der Waals surface area contributed by atoms with Gasteiger partial charge in [-0.25, -0.2) is 9.37 Å². The van der Waals surface area contributed by atoms with Crippen LogP contribution in [0.15, 0.2) is 66.9 Å². The van der Waals surface area contributed by atoms with Crippen LogP contribution in [0.1, 0.15) is 32.7 Å². The summed E-state index contributed by atoms with van der Waals surface area (Å²) in [7, 11) is 0. The van der Waals surface area contributed by atoms with Crippen molar-refractivity contribution in [1.29, 1.82) is 0 Å². The van der Waals surface area contributed by atoms with E-state index in [0.717, 1.165) is 24.3 Å². The second-order valence-electron chi connectivity index (χ2n) is 7.87. The lowest BCUT2D eigenvalue weighted by molar-refractivity contribution is 0.0766. The molecule has 1 N–H and O–H groups in total. The molecule has 3 aromatic rings. The Balaban J connectivity index is 1.37. The Labute approximate surface area is 186 Å². The van der Waals surface area contributed by atoms with E-state index in [4.69, 9.17) is 0 Å². The first-order valence-electron chi connectivity index (χ1n) is 10.6. The maximum Gasteiger partial charge on any atom is 0.255 e. The van der Waals surface area contributed by atoms with Gasteiger partial charge in [-0.1, -0.05) is 23.8 Å². The first-order valence-corrected chi connectivity index (χ1v) is 10.6. The highest BCUT2D eigenvalue weighted by atomic mass is 19.1. The largest absolute Gasteiger partial charge is 0.355 e. The molecular formula is C25H25FN4O2. The van der Waals surface area contributed by atoms with E-state index in [-0.39, 0.29) is 11.8 Å². The van der Waals surface area contributed by atoms with Gasteiger partial charge in [0.2, 0.25) is 0 Å². The summed E-state index contributed by atoms with van der Waals surface area (Å²) in [6.45, 7) is 4.47. The Kier molecular flexibility index (Phi) is 6.44. The highest BCUT2D eigenvalue weighted by Crippen LogP contribution is 2.18. The number of pyridine rings is 1. The van der Waals surface area contributed by atoms with Crippen molar-refractivity contribution in [3.8, 4) is 0 Å². The van der Waals surface area contributed by atoms with Gasteiger partial charge in [0.1, 0.15) is 11.6 Å². The second kappa shape index (κ2) is 9.60. The minimum atomic E-state index is -0.411. The number of rotatable bonds is 4. The highest BCUT2D eigenvalue weighted by molar-refractivity contribution is 6.04. The van der Waals surface area contributed by atoms with E-state index in [1.165, 1.54) is 12.1 Å². The van der Waals surface area contributed by atoms with E-state index in [2.05, 4.69) is 15.2 Å². The molecule has 7 heteroatoms. The average Bonchev–Trinajstić information content (AvgIpc) is 3.05. The normalized spacial score (nSPS) is 14.1. The number of anilines is 2. The molecule has 6 nitrogen and oxygen atoms in total. The minimum absolute atomic E-state index is 0.159. The molecule has 0 radical (unpaired) electrons. The smallest absolute Gasteiger partial charge is 0.255 e. The summed E-state index contributed by atoms with van der Waals surface area (Å²) >= 11 is 0. The molecule has 0 unspecified atom stereocenters. The van der Waals surface area contributed by atoms with E-state index in [0.29, 0.717) is 36.4 Å². The third-order valence-electron chi connectivity index (χ3n) is 5.46. The fourth-order valence-corrected chi connectivity index (χ4v) is 3.79. The summed E-state index contributed by atoms with van der Waals surface area (Å²) in [5.41, 5.74) is 2.62. The van der Waals surface area contributed by atoms with Crippen LogP contribution in [0.3, 0.4) is 0 Å². The van der Waals surface area contributed by atoms with E-state index in [9.17, 15) is 14.0 Å². The molecule has 0 aliphatic carbocycles. The van der Waals surface area contributed by atoms with E-state index in [1.807, 2.05) is 37.3 Å². The second-order valence-corrected chi connectivity index (χ2v) is 7.87. The fourth-order valence-electron chi connectivity index (χ4n) is 3.79. The summed E-state index contributed by atoms with van der Waals surface area (Å²) in [6.07, 6.45) is 2.43. The summed E-state index contributed by atoms with van der Waals surface area (Å²) in [4.78, 5) is 33.5. The van der Waals surface area contributed by atoms with Crippen molar-refractivity contribution in [1.82, 2.24) is 9.88 Å². The summed E-state index contributed by atoms with van der Waals surface area (Å²) < 4.78 is 13.5. The molecule has 0 bridgehead atoms. The highest BCUT2D eigenvalue weighted by Gasteiger charge is 2.21. The third-order valence-corrected chi connectivity index (χ3v) is 5.46. The molecule has 2 amide bonds. The van der Waals surface area contributed by atoms with Crippen molar-refractivity contribution in [3.05, 3.63) is 89.4 Å². The molecular weight excluding hydrogens is 407 g/mol. The van der Waals surface area contributed by atoms with Crippen molar-refractivity contribution in [2.24, 2.45) is 0 Å². The molecule has 2 aromatic carbocycles. The molecule has 0 spiro atoms. The van der Waals surface area contributed by atoms with Gasteiger partial charge in [-0.3, -0.25) is 9.59 Å². The van der Waals surface area contributed by atoms with Gasteiger partial charge in [0, 0.05) is 37.3 Å². The third kappa shape index (κ3) is 5.11. The van der Waals surface area contributed by atoms with Crippen molar-refractivity contribution in [2.75, 3.05) is 36.4 Å². The van der Waals surface area contributed by atoms with Crippen LogP contribution in [0.4, 0.5) is 15.9 Å². The van der Waals surface area contributed by atoms with Crippen LogP contribution in [0.2, 0.25) is 0 Å². The number of hydrogen-bond donors (Lipinski definition) is 1. The molecule has 1 fully saturated rings. The van der Waals surface area contributed by atoms with Gasteiger partial charge in [0.25, 0.3) is 11.8 Å². The zero-order valence-electron chi connectivity index (χ0n) is 17.9. The number of aryl methyl sites for hydroxylation is 1. The number of halogens is 1. The SMILES string of the molecule is Cc1cccc(C(=O)Nc2ccc(N3CCCN(C(=O)c4cccc(F)c4)CC3)nc2)c1. The van der Waals surface area contributed by atoms with Crippen LogP contribution >= 0.6 is 0 Å². The number of nitrogens with zero attached hydrogens (tertiary/aromatic N) is 3. The molecule has 1 aliphatic heterocycles. The van der Waals surface area contributed by atoms with Crippen LogP contribution in [-0.2, 0) is 0 Å². The molecule has 0 saturated carbocycles. The van der Waals surface area contributed by atoms with E-state index >= 15 is 0 Å². The Hall–Kier alpha value is -3.74. The zero-order chi connectivity index (χ0) is 22.5. The lowest BCUT2D eigenvalue weighted by atomic mass is 10.1. The first kappa shape index (κ1) is 21.5. The number of hydrogen-bond acceptors (Lipinski definition) is 4. The predicted octanol–water partition coefficient (Wildman–Crippen LogP) is 4.13. The minimum Gasteiger partial charge on any atom is -0.355 e. The fraction of sp³-hybridized carbons (Fsp3) is 0.240. The summed E-state index contributed by atoms with van der Waals surface area (Å²) in [6, 6.07) is 16.9. The van der Waals surface area contributed by atoms with E-state index in [1.54, 1.807) is 29.3 Å². The van der Waals surface area contributed by atoms with Crippen LogP contribution in [0, 0.1) is 12.7 Å². The molecule has 2 heterocycles. The topological polar surface area (TPSA) is 65.5 Å². The van der Waals surface area contributed by atoms with Gasteiger partial charge in [-0.05, 0) is 55.8 Å². The lowest BCUT2D eigenvalue weighted by Gasteiger charge is -2.23. The van der Waals surface area contributed by atoms with Gasteiger partial charge < -0.3 is 15.1 Å². The summed E-state index contributed by atoms with van der Waals surface area (Å²) in [5, 5.41) is 2.87. The maximum atomic E-state index is 13.5. The van der Waals surface area contributed by atoms with Crippen molar-refractivity contribution in [2.45, 2.75) is 13.3 Å². The van der Waals surface area contributed by atoms with Crippen LogP contribution in [-0.4, -0.2) is 47.9 Å². The Morgan fingerprint density at radius 2 is 1.75 bits per heavy atom. The standard InChI is InChI=1S/C25H25FN4O2/c1-18-5-2-6-19(15-18)24(31)28-22-9-10-23(27-17-22)29-11-4-12-30(14-13-29)25(32)20-7-3-8-21(26)16-20/h2-3,5-10,15-17H,4,11-14H2,1H3,(H,28,31).